The van der Waals surface area contributed by atoms with Crippen molar-refractivity contribution in [1.29, 1.82) is 0 Å². The highest BCUT2D eigenvalue weighted by Gasteiger charge is 2.36. The van der Waals surface area contributed by atoms with Crippen LogP contribution in [0.1, 0.15) is 25.7 Å². The molecular formula is C16H19FN2O4S. The topological polar surface area (TPSA) is 77.0 Å². The lowest BCUT2D eigenvalue weighted by Crippen LogP contribution is -2.25. The Morgan fingerprint density at radius 3 is 2.71 bits per heavy atom. The summed E-state index contributed by atoms with van der Waals surface area (Å²) in [7, 11) is -3.90. The zero-order chi connectivity index (χ0) is 16.7. The van der Waals surface area contributed by atoms with Gasteiger partial charge in [-0.1, -0.05) is 0 Å². The van der Waals surface area contributed by atoms with Gasteiger partial charge < -0.3 is 14.8 Å². The Bertz CT molecular complexity index is 784. The molecule has 130 valence electrons. The molecule has 0 spiro atoms. The fourth-order valence-electron chi connectivity index (χ4n) is 2.98. The van der Waals surface area contributed by atoms with Crippen LogP contribution < -0.4 is 10.1 Å². The number of benzene rings is 1. The van der Waals surface area contributed by atoms with Crippen molar-refractivity contribution >= 4 is 21.5 Å². The number of hydrogen-bond donors (Lipinski definition) is 1. The summed E-state index contributed by atoms with van der Waals surface area (Å²) < 4.78 is 53.5. The van der Waals surface area contributed by atoms with Crippen LogP contribution in [0.15, 0.2) is 21.4 Å². The summed E-state index contributed by atoms with van der Waals surface area (Å²) in [5, 5.41) is 3.05. The number of fused-ring (bicyclic) bond motifs is 1. The Hall–Kier alpha value is -1.67. The normalized spacial score (nSPS) is 23.1. The van der Waals surface area contributed by atoms with E-state index in [4.69, 9.17) is 9.47 Å². The number of halogens is 1. The summed E-state index contributed by atoms with van der Waals surface area (Å²) in [5.74, 6) is 0.486. The van der Waals surface area contributed by atoms with Crippen molar-refractivity contribution < 1.29 is 22.3 Å². The van der Waals surface area contributed by atoms with E-state index in [0.29, 0.717) is 37.3 Å². The standard InChI is InChI=1S/C16H19FN2O4S/c17-12-7-13(23-9-10-3-5-22-6-4-10)15-14(8-12)24(20,21)19-16(18-15)11-1-2-11/h7-8,10-11H,1-6,9H2,(H,18,19). The lowest BCUT2D eigenvalue weighted by molar-refractivity contribution is 0.0498. The molecule has 0 aromatic heterocycles. The van der Waals surface area contributed by atoms with Crippen molar-refractivity contribution in [2.45, 2.75) is 30.6 Å². The lowest BCUT2D eigenvalue weighted by atomic mass is 10.0. The zero-order valence-electron chi connectivity index (χ0n) is 13.1. The zero-order valence-corrected chi connectivity index (χ0v) is 13.9. The third-order valence-corrected chi connectivity index (χ3v) is 5.87. The molecule has 0 radical (unpaired) electrons. The number of nitrogens with one attached hydrogen (secondary N) is 1. The monoisotopic (exact) mass is 354 g/mol. The van der Waals surface area contributed by atoms with Gasteiger partial charge in [0.1, 0.15) is 28.0 Å². The van der Waals surface area contributed by atoms with E-state index in [1.54, 1.807) is 0 Å². The highest BCUT2D eigenvalue weighted by Crippen LogP contribution is 2.41. The number of anilines is 1. The molecule has 2 aliphatic heterocycles. The van der Waals surface area contributed by atoms with Crippen LogP contribution in [0.3, 0.4) is 0 Å². The summed E-state index contributed by atoms with van der Waals surface area (Å²) in [6, 6.07) is 2.22. The molecule has 6 nitrogen and oxygen atoms in total. The van der Waals surface area contributed by atoms with Gasteiger partial charge in [-0.3, -0.25) is 0 Å². The van der Waals surface area contributed by atoms with E-state index < -0.39 is 15.8 Å². The van der Waals surface area contributed by atoms with E-state index in [0.717, 1.165) is 31.7 Å². The fraction of sp³-hybridized carbons (Fsp3) is 0.562. The lowest BCUT2D eigenvalue weighted by Gasteiger charge is -2.25. The molecule has 1 saturated carbocycles. The first kappa shape index (κ1) is 15.8. The Labute approximate surface area is 140 Å². The maximum absolute atomic E-state index is 13.9. The molecule has 4 rings (SSSR count). The number of hydrogen-bond acceptors (Lipinski definition) is 5. The van der Waals surface area contributed by atoms with Gasteiger partial charge in [0.05, 0.1) is 6.61 Å². The van der Waals surface area contributed by atoms with Crippen molar-refractivity contribution in [2.24, 2.45) is 16.2 Å². The second kappa shape index (κ2) is 6.00. The molecule has 2 heterocycles. The van der Waals surface area contributed by atoms with Gasteiger partial charge in [-0.2, -0.15) is 8.42 Å². The number of nitrogens with zero attached hydrogens (tertiary/aromatic N) is 1. The van der Waals surface area contributed by atoms with Gasteiger partial charge in [-0.25, -0.2) is 4.39 Å². The van der Waals surface area contributed by atoms with Crippen LogP contribution in [0.4, 0.5) is 10.1 Å². The SMILES string of the molecule is O=S1(=O)N=C(C2CC2)Nc2c(OCC3CCOCC3)cc(F)cc21. The number of ether oxygens (including phenoxy) is 2. The quantitative estimate of drug-likeness (QED) is 0.899. The van der Waals surface area contributed by atoms with E-state index in [1.807, 2.05) is 0 Å². The molecular weight excluding hydrogens is 335 g/mol. The molecule has 8 heteroatoms. The summed E-state index contributed by atoms with van der Waals surface area (Å²) in [4.78, 5) is -0.158. The van der Waals surface area contributed by atoms with Crippen molar-refractivity contribution in [1.82, 2.24) is 0 Å². The molecule has 1 aromatic rings. The second-order valence-electron chi connectivity index (χ2n) is 6.49. The molecule has 0 atom stereocenters. The smallest absolute Gasteiger partial charge is 0.286 e. The minimum Gasteiger partial charge on any atom is -0.491 e. The number of amidine groups is 1. The highest BCUT2D eigenvalue weighted by molar-refractivity contribution is 7.90. The Morgan fingerprint density at radius 2 is 2.00 bits per heavy atom. The molecule has 2 fully saturated rings. The van der Waals surface area contributed by atoms with Crippen LogP contribution in [0, 0.1) is 17.7 Å². The van der Waals surface area contributed by atoms with Crippen LogP contribution >= 0.6 is 0 Å². The predicted octanol–water partition coefficient (Wildman–Crippen LogP) is 2.55. The van der Waals surface area contributed by atoms with Crippen LogP contribution in [0.2, 0.25) is 0 Å². The minimum atomic E-state index is -3.90. The average molecular weight is 354 g/mol. The molecule has 0 bridgehead atoms. The summed E-state index contributed by atoms with van der Waals surface area (Å²) in [5.41, 5.74) is 0.306. The molecule has 24 heavy (non-hydrogen) atoms. The predicted molar refractivity (Wildman–Crippen MR) is 86.4 cm³/mol. The van der Waals surface area contributed by atoms with Crippen molar-refractivity contribution in [3.8, 4) is 5.75 Å². The largest absolute Gasteiger partial charge is 0.491 e. The van der Waals surface area contributed by atoms with Crippen molar-refractivity contribution in [3.63, 3.8) is 0 Å². The van der Waals surface area contributed by atoms with E-state index in [2.05, 4.69) is 9.71 Å². The Balaban J connectivity index is 1.63. The van der Waals surface area contributed by atoms with Gasteiger partial charge in [0.2, 0.25) is 0 Å². The summed E-state index contributed by atoms with van der Waals surface area (Å²) >= 11 is 0. The highest BCUT2D eigenvalue weighted by atomic mass is 32.2. The van der Waals surface area contributed by atoms with Crippen LogP contribution in [0.5, 0.6) is 5.75 Å². The first-order chi connectivity index (χ1) is 11.5. The van der Waals surface area contributed by atoms with E-state index in [-0.39, 0.29) is 16.6 Å². The second-order valence-corrected chi connectivity index (χ2v) is 8.07. The molecule has 1 N–H and O–H groups in total. The third kappa shape index (κ3) is 3.12. The Morgan fingerprint density at radius 1 is 1.25 bits per heavy atom. The van der Waals surface area contributed by atoms with Gasteiger partial charge in [-0.05, 0) is 37.7 Å². The Kier molecular flexibility index (Phi) is 3.96. The maximum Gasteiger partial charge on any atom is 0.286 e. The number of sulfonamides is 1. The van der Waals surface area contributed by atoms with Gasteiger partial charge in [0.25, 0.3) is 10.0 Å². The van der Waals surface area contributed by atoms with Gasteiger partial charge >= 0.3 is 0 Å². The molecule has 1 saturated heterocycles. The van der Waals surface area contributed by atoms with Gasteiger partial charge in [0.15, 0.2) is 0 Å². The average Bonchev–Trinajstić information content (AvgIpc) is 3.39. The molecule has 1 aromatic carbocycles. The van der Waals surface area contributed by atoms with Crippen molar-refractivity contribution in [3.05, 3.63) is 17.9 Å². The molecule has 0 unspecified atom stereocenters. The minimum absolute atomic E-state index is 0.140. The van der Waals surface area contributed by atoms with Crippen LogP contribution in [-0.2, 0) is 14.8 Å². The number of rotatable bonds is 4. The first-order valence-corrected chi connectivity index (χ1v) is 9.63. The van der Waals surface area contributed by atoms with Gasteiger partial charge in [0, 0.05) is 25.2 Å². The van der Waals surface area contributed by atoms with Crippen molar-refractivity contribution in [2.75, 3.05) is 25.1 Å². The molecule has 0 amide bonds. The maximum atomic E-state index is 13.9. The first-order valence-electron chi connectivity index (χ1n) is 8.19. The van der Waals surface area contributed by atoms with Crippen LogP contribution in [-0.4, -0.2) is 34.1 Å². The fourth-order valence-corrected chi connectivity index (χ4v) is 4.21. The third-order valence-electron chi connectivity index (χ3n) is 4.56. The van der Waals surface area contributed by atoms with E-state index in [9.17, 15) is 12.8 Å². The molecule has 3 aliphatic rings. The van der Waals surface area contributed by atoms with E-state index >= 15 is 0 Å². The molecule has 1 aliphatic carbocycles. The van der Waals surface area contributed by atoms with Crippen LogP contribution in [0.25, 0.3) is 0 Å². The summed E-state index contributed by atoms with van der Waals surface area (Å²) in [6.07, 6.45) is 3.60. The van der Waals surface area contributed by atoms with E-state index in [1.165, 1.54) is 6.07 Å². The van der Waals surface area contributed by atoms with Gasteiger partial charge in [-0.15, -0.1) is 4.40 Å². The summed E-state index contributed by atoms with van der Waals surface area (Å²) in [6.45, 7) is 1.80.